The van der Waals surface area contributed by atoms with Crippen molar-refractivity contribution < 1.29 is 14.1 Å². The molecular weight excluding hydrogens is 253 g/mol. The van der Waals surface area contributed by atoms with Crippen LogP contribution < -0.4 is 5.32 Å². The van der Waals surface area contributed by atoms with Gasteiger partial charge in [-0.3, -0.25) is 14.9 Å². The Hall–Kier alpha value is -2.02. The second kappa shape index (κ2) is 5.31. The van der Waals surface area contributed by atoms with Crippen molar-refractivity contribution in [1.29, 1.82) is 0 Å². The van der Waals surface area contributed by atoms with E-state index in [0.29, 0.717) is 6.54 Å². The number of non-ortho nitro benzene ring substituents is 1. The summed E-state index contributed by atoms with van der Waals surface area (Å²) in [5.74, 6) is -1.27. The van der Waals surface area contributed by atoms with Crippen LogP contribution in [0.15, 0.2) is 18.2 Å². The SMILES string of the molecule is CN(C(=O)c1cc([N+](=O)[O-])ccc1F)C1CCNC1. The van der Waals surface area contributed by atoms with E-state index in [4.69, 9.17) is 0 Å². The molecule has 0 saturated carbocycles. The third-order valence-corrected chi connectivity index (χ3v) is 3.29. The van der Waals surface area contributed by atoms with Gasteiger partial charge in [0.25, 0.3) is 11.6 Å². The second-order valence-electron chi connectivity index (χ2n) is 4.48. The summed E-state index contributed by atoms with van der Waals surface area (Å²) >= 11 is 0. The molecule has 0 aliphatic carbocycles. The Balaban J connectivity index is 2.26. The lowest BCUT2D eigenvalue weighted by molar-refractivity contribution is -0.384. The molecule has 1 aliphatic rings. The first kappa shape index (κ1) is 13.4. The van der Waals surface area contributed by atoms with Crippen LogP contribution in [-0.2, 0) is 0 Å². The highest BCUT2D eigenvalue weighted by Gasteiger charge is 2.26. The fourth-order valence-electron chi connectivity index (χ4n) is 2.12. The molecule has 1 saturated heterocycles. The lowest BCUT2D eigenvalue weighted by atomic mass is 10.1. The van der Waals surface area contributed by atoms with Gasteiger partial charge in [-0.2, -0.15) is 0 Å². The van der Waals surface area contributed by atoms with Gasteiger partial charge < -0.3 is 10.2 Å². The third kappa shape index (κ3) is 2.70. The number of hydrogen-bond donors (Lipinski definition) is 1. The van der Waals surface area contributed by atoms with Gasteiger partial charge in [-0.25, -0.2) is 4.39 Å². The summed E-state index contributed by atoms with van der Waals surface area (Å²) in [6.07, 6.45) is 0.790. The van der Waals surface area contributed by atoms with Gasteiger partial charge in [0.2, 0.25) is 0 Å². The van der Waals surface area contributed by atoms with E-state index in [-0.39, 0.29) is 17.3 Å². The minimum atomic E-state index is -0.742. The Bertz CT molecular complexity index is 515. The number of amides is 1. The Morgan fingerprint density at radius 1 is 1.58 bits per heavy atom. The first-order valence-corrected chi connectivity index (χ1v) is 5.92. The van der Waals surface area contributed by atoms with Crippen molar-refractivity contribution in [1.82, 2.24) is 10.2 Å². The van der Waals surface area contributed by atoms with Gasteiger partial charge in [-0.15, -0.1) is 0 Å². The molecule has 102 valence electrons. The molecule has 0 aromatic heterocycles. The molecule has 1 N–H and O–H groups in total. The van der Waals surface area contributed by atoms with Crippen LogP contribution in [0.3, 0.4) is 0 Å². The Morgan fingerprint density at radius 2 is 2.32 bits per heavy atom. The van der Waals surface area contributed by atoms with Crippen molar-refractivity contribution >= 4 is 11.6 Å². The zero-order valence-electron chi connectivity index (χ0n) is 10.4. The van der Waals surface area contributed by atoms with Crippen LogP contribution in [0, 0.1) is 15.9 Å². The number of likely N-dealkylation sites (N-methyl/N-ethyl adjacent to an activating group) is 1. The molecule has 1 fully saturated rings. The molecule has 2 rings (SSSR count). The molecule has 1 unspecified atom stereocenters. The summed E-state index contributed by atoms with van der Waals surface area (Å²) in [6.45, 7) is 1.46. The van der Waals surface area contributed by atoms with E-state index in [1.165, 1.54) is 4.90 Å². The summed E-state index contributed by atoms with van der Waals surface area (Å²) in [5.41, 5.74) is -0.550. The van der Waals surface area contributed by atoms with Crippen molar-refractivity contribution in [3.8, 4) is 0 Å². The summed E-state index contributed by atoms with van der Waals surface area (Å²) < 4.78 is 13.6. The highest BCUT2D eigenvalue weighted by atomic mass is 19.1. The van der Waals surface area contributed by atoms with Gasteiger partial charge in [0.1, 0.15) is 5.82 Å². The van der Waals surface area contributed by atoms with Gasteiger partial charge in [0.15, 0.2) is 0 Å². The van der Waals surface area contributed by atoms with Crippen molar-refractivity contribution in [3.63, 3.8) is 0 Å². The smallest absolute Gasteiger partial charge is 0.270 e. The monoisotopic (exact) mass is 267 g/mol. The lowest BCUT2D eigenvalue weighted by Crippen LogP contribution is -2.38. The van der Waals surface area contributed by atoms with E-state index in [9.17, 15) is 19.3 Å². The van der Waals surface area contributed by atoms with E-state index in [0.717, 1.165) is 31.2 Å². The van der Waals surface area contributed by atoms with Crippen molar-refractivity contribution in [2.24, 2.45) is 0 Å². The quantitative estimate of drug-likeness (QED) is 0.659. The number of hydrogen-bond acceptors (Lipinski definition) is 4. The number of halogens is 1. The van der Waals surface area contributed by atoms with Crippen LogP contribution in [-0.4, -0.2) is 41.9 Å². The largest absolute Gasteiger partial charge is 0.337 e. The number of nitro groups is 1. The van der Waals surface area contributed by atoms with Crippen LogP contribution in [0.2, 0.25) is 0 Å². The topological polar surface area (TPSA) is 75.5 Å². The van der Waals surface area contributed by atoms with Crippen LogP contribution >= 0.6 is 0 Å². The minimum absolute atomic E-state index is 0.00818. The molecule has 19 heavy (non-hydrogen) atoms. The maximum Gasteiger partial charge on any atom is 0.270 e. The zero-order valence-corrected chi connectivity index (χ0v) is 10.4. The normalized spacial score (nSPS) is 18.3. The number of nitro benzene ring substituents is 1. The standard InChI is InChI=1S/C12H14FN3O3/c1-15(9-4-5-14-7-9)12(17)10-6-8(16(18)19)2-3-11(10)13/h2-3,6,9,14H,4-5,7H2,1H3. The van der Waals surface area contributed by atoms with E-state index in [1.54, 1.807) is 7.05 Å². The highest BCUT2D eigenvalue weighted by molar-refractivity contribution is 5.95. The van der Waals surface area contributed by atoms with Gasteiger partial charge in [-0.05, 0) is 19.0 Å². The molecule has 1 aromatic rings. The zero-order chi connectivity index (χ0) is 14.0. The van der Waals surface area contributed by atoms with Gasteiger partial charge in [0, 0.05) is 31.8 Å². The first-order chi connectivity index (χ1) is 9.00. The molecule has 1 atom stereocenters. The van der Waals surface area contributed by atoms with Crippen LogP contribution in [0.4, 0.5) is 10.1 Å². The lowest BCUT2D eigenvalue weighted by Gasteiger charge is -2.23. The summed E-state index contributed by atoms with van der Waals surface area (Å²) in [7, 11) is 1.58. The fraction of sp³-hybridized carbons (Fsp3) is 0.417. The van der Waals surface area contributed by atoms with Crippen LogP contribution in [0.25, 0.3) is 0 Å². The molecule has 0 radical (unpaired) electrons. The predicted molar refractivity (Wildman–Crippen MR) is 66.4 cm³/mol. The number of nitrogens with zero attached hydrogens (tertiary/aromatic N) is 2. The van der Waals surface area contributed by atoms with Gasteiger partial charge in [0.05, 0.1) is 10.5 Å². The molecule has 7 heteroatoms. The van der Waals surface area contributed by atoms with Crippen molar-refractivity contribution in [3.05, 3.63) is 39.7 Å². The van der Waals surface area contributed by atoms with Gasteiger partial charge in [-0.1, -0.05) is 0 Å². The van der Waals surface area contributed by atoms with E-state index < -0.39 is 16.6 Å². The van der Waals surface area contributed by atoms with Crippen LogP contribution in [0.5, 0.6) is 0 Å². The average molecular weight is 267 g/mol. The molecule has 6 nitrogen and oxygen atoms in total. The maximum absolute atomic E-state index is 13.6. The summed E-state index contributed by atoms with van der Waals surface area (Å²) in [6, 6.07) is 2.97. The Morgan fingerprint density at radius 3 is 2.89 bits per heavy atom. The molecule has 1 heterocycles. The number of rotatable bonds is 3. The maximum atomic E-state index is 13.6. The third-order valence-electron chi connectivity index (χ3n) is 3.29. The molecule has 0 spiro atoms. The number of carbonyl (C=O) groups is 1. The van der Waals surface area contributed by atoms with Gasteiger partial charge >= 0.3 is 0 Å². The highest BCUT2D eigenvalue weighted by Crippen LogP contribution is 2.19. The van der Waals surface area contributed by atoms with Crippen molar-refractivity contribution in [2.75, 3.05) is 20.1 Å². The number of benzene rings is 1. The first-order valence-electron chi connectivity index (χ1n) is 5.92. The predicted octanol–water partition coefficient (Wildman–Crippen LogP) is 1.17. The molecular formula is C12H14FN3O3. The molecule has 1 aliphatic heterocycles. The summed E-state index contributed by atoms with van der Waals surface area (Å²) in [5, 5.41) is 13.8. The molecule has 1 aromatic carbocycles. The molecule has 0 bridgehead atoms. The molecule has 1 amide bonds. The summed E-state index contributed by atoms with van der Waals surface area (Å²) in [4.78, 5) is 23.6. The van der Waals surface area contributed by atoms with E-state index in [2.05, 4.69) is 5.32 Å². The van der Waals surface area contributed by atoms with E-state index >= 15 is 0 Å². The van der Waals surface area contributed by atoms with E-state index in [1.807, 2.05) is 0 Å². The minimum Gasteiger partial charge on any atom is -0.337 e. The number of carbonyl (C=O) groups excluding carboxylic acids is 1. The Labute approximate surface area is 109 Å². The second-order valence-corrected chi connectivity index (χ2v) is 4.48. The van der Waals surface area contributed by atoms with Crippen LogP contribution in [0.1, 0.15) is 16.8 Å². The number of nitrogens with one attached hydrogen (secondary N) is 1. The average Bonchev–Trinajstić information content (AvgIpc) is 2.91. The Kier molecular flexibility index (Phi) is 3.75. The fourth-order valence-corrected chi connectivity index (χ4v) is 2.12. The van der Waals surface area contributed by atoms with Crippen molar-refractivity contribution in [2.45, 2.75) is 12.5 Å².